The first-order chi connectivity index (χ1) is 7.68. The number of nitrogens with one attached hydrogen (secondary N) is 1. The van der Waals surface area contributed by atoms with Crippen LogP contribution in [0.3, 0.4) is 0 Å². The fourth-order valence-electron chi connectivity index (χ4n) is 2.49. The number of benzene rings is 1. The molecule has 0 saturated heterocycles. The Morgan fingerprint density at radius 2 is 2.25 bits per heavy atom. The number of hydrogen-bond donors (Lipinski definition) is 1. The van der Waals surface area contributed by atoms with Gasteiger partial charge in [0.25, 0.3) is 5.91 Å². The summed E-state index contributed by atoms with van der Waals surface area (Å²) < 4.78 is 2.10. The van der Waals surface area contributed by atoms with E-state index in [1.54, 1.807) is 0 Å². The lowest BCUT2D eigenvalue weighted by Crippen LogP contribution is -2.25. The van der Waals surface area contributed by atoms with E-state index < -0.39 is 0 Å². The summed E-state index contributed by atoms with van der Waals surface area (Å²) in [6.45, 7) is 2.86. The highest BCUT2D eigenvalue weighted by Gasteiger charge is 2.22. The van der Waals surface area contributed by atoms with Gasteiger partial charge in [0.1, 0.15) is 0 Å². The standard InChI is InChI=1S/C13H14N2O/c1-8-6-14-13(16)9-4-3-5-11-12(9)10(8)7-15(11)2/h3-5,7-8H,6H2,1-2H3,(H,14,16). The van der Waals surface area contributed by atoms with Crippen molar-refractivity contribution in [2.75, 3.05) is 6.54 Å². The number of carbonyl (C=O) groups excluding carboxylic acids is 1. The normalized spacial score (nSPS) is 19.6. The summed E-state index contributed by atoms with van der Waals surface area (Å²) >= 11 is 0. The van der Waals surface area contributed by atoms with E-state index in [1.807, 2.05) is 19.2 Å². The van der Waals surface area contributed by atoms with Crippen LogP contribution in [0, 0.1) is 0 Å². The predicted molar refractivity (Wildman–Crippen MR) is 63.7 cm³/mol. The van der Waals surface area contributed by atoms with Gasteiger partial charge in [0, 0.05) is 42.2 Å². The van der Waals surface area contributed by atoms with Gasteiger partial charge in [-0.3, -0.25) is 4.79 Å². The highest BCUT2D eigenvalue weighted by atomic mass is 16.1. The Balaban J connectivity index is 2.46. The van der Waals surface area contributed by atoms with Crippen LogP contribution >= 0.6 is 0 Å². The minimum atomic E-state index is 0.0439. The molecule has 0 fully saturated rings. The number of amides is 1. The Bertz CT molecular complexity index is 583. The Morgan fingerprint density at radius 3 is 3.06 bits per heavy atom. The van der Waals surface area contributed by atoms with Crippen molar-refractivity contribution in [3.05, 3.63) is 35.5 Å². The zero-order chi connectivity index (χ0) is 11.3. The quantitative estimate of drug-likeness (QED) is 0.715. The van der Waals surface area contributed by atoms with Crippen LogP contribution in [0.25, 0.3) is 10.9 Å². The highest BCUT2D eigenvalue weighted by Crippen LogP contribution is 2.31. The Labute approximate surface area is 94.1 Å². The van der Waals surface area contributed by atoms with Gasteiger partial charge >= 0.3 is 0 Å². The SMILES string of the molecule is CC1CNC(=O)c2cccc3c2c1cn3C. The average Bonchev–Trinajstić information content (AvgIpc) is 2.58. The summed E-state index contributed by atoms with van der Waals surface area (Å²) in [6, 6.07) is 5.91. The zero-order valence-corrected chi connectivity index (χ0v) is 9.45. The third-order valence-electron chi connectivity index (χ3n) is 3.39. The van der Waals surface area contributed by atoms with E-state index in [9.17, 15) is 4.79 Å². The summed E-state index contributed by atoms with van der Waals surface area (Å²) in [6.07, 6.45) is 2.14. The fraction of sp³-hybridized carbons (Fsp3) is 0.308. The number of aryl methyl sites for hydroxylation is 1. The van der Waals surface area contributed by atoms with E-state index in [-0.39, 0.29) is 5.91 Å². The molecule has 1 N–H and O–H groups in total. The van der Waals surface area contributed by atoms with E-state index in [2.05, 4.69) is 29.1 Å². The largest absolute Gasteiger partial charge is 0.351 e. The molecule has 0 aliphatic carbocycles. The molecule has 3 heteroatoms. The molecule has 3 rings (SSSR count). The predicted octanol–water partition coefficient (Wildman–Crippen LogP) is 2.03. The van der Waals surface area contributed by atoms with Gasteiger partial charge in [-0.1, -0.05) is 13.0 Å². The van der Waals surface area contributed by atoms with E-state index in [1.165, 1.54) is 5.56 Å². The number of nitrogens with zero attached hydrogens (tertiary/aromatic N) is 1. The zero-order valence-electron chi connectivity index (χ0n) is 9.45. The average molecular weight is 214 g/mol. The van der Waals surface area contributed by atoms with Crippen LogP contribution in [0.2, 0.25) is 0 Å². The lowest BCUT2D eigenvalue weighted by molar-refractivity contribution is 0.0955. The molecule has 0 radical (unpaired) electrons. The van der Waals surface area contributed by atoms with Crippen molar-refractivity contribution in [3.63, 3.8) is 0 Å². The van der Waals surface area contributed by atoms with Crippen molar-refractivity contribution in [1.29, 1.82) is 0 Å². The van der Waals surface area contributed by atoms with Crippen molar-refractivity contribution < 1.29 is 4.79 Å². The first-order valence-corrected chi connectivity index (χ1v) is 5.54. The molecule has 1 amide bonds. The van der Waals surface area contributed by atoms with Crippen molar-refractivity contribution >= 4 is 16.8 Å². The molecule has 3 nitrogen and oxygen atoms in total. The third kappa shape index (κ3) is 1.11. The fourth-order valence-corrected chi connectivity index (χ4v) is 2.49. The number of carbonyl (C=O) groups is 1. The second-order valence-electron chi connectivity index (χ2n) is 4.51. The molecule has 1 aromatic carbocycles. The maximum atomic E-state index is 11.9. The van der Waals surface area contributed by atoms with Gasteiger partial charge in [-0.25, -0.2) is 0 Å². The molecule has 1 aliphatic heterocycles. The lowest BCUT2D eigenvalue weighted by Gasteiger charge is -2.07. The van der Waals surface area contributed by atoms with Crippen molar-refractivity contribution in [1.82, 2.24) is 9.88 Å². The van der Waals surface area contributed by atoms with Crippen LogP contribution in [0.1, 0.15) is 28.8 Å². The third-order valence-corrected chi connectivity index (χ3v) is 3.39. The molecule has 82 valence electrons. The molecule has 1 atom stereocenters. The van der Waals surface area contributed by atoms with Crippen molar-refractivity contribution in [3.8, 4) is 0 Å². The second kappa shape index (κ2) is 3.11. The smallest absolute Gasteiger partial charge is 0.251 e. The number of rotatable bonds is 0. The first kappa shape index (κ1) is 9.46. The van der Waals surface area contributed by atoms with Crippen molar-refractivity contribution in [2.24, 2.45) is 7.05 Å². The minimum absolute atomic E-state index is 0.0439. The summed E-state index contributed by atoms with van der Waals surface area (Å²) in [5.41, 5.74) is 3.21. The number of hydrogen-bond acceptors (Lipinski definition) is 1. The van der Waals surface area contributed by atoms with Gasteiger partial charge in [0.05, 0.1) is 0 Å². The minimum Gasteiger partial charge on any atom is -0.351 e. The van der Waals surface area contributed by atoms with Gasteiger partial charge in [-0.15, -0.1) is 0 Å². The summed E-state index contributed by atoms with van der Waals surface area (Å²) in [7, 11) is 2.03. The van der Waals surface area contributed by atoms with E-state index >= 15 is 0 Å². The topological polar surface area (TPSA) is 34.0 Å². The van der Waals surface area contributed by atoms with Crippen LogP contribution in [0.5, 0.6) is 0 Å². The van der Waals surface area contributed by atoms with Crippen LogP contribution in [-0.4, -0.2) is 17.0 Å². The molecular formula is C13H14N2O. The van der Waals surface area contributed by atoms with Crippen molar-refractivity contribution in [2.45, 2.75) is 12.8 Å². The summed E-state index contributed by atoms with van der Waals surface area (Å²) in [5.74, 6) is 0.415. The van der Waals surface area contributed by atoms with Gasteiger partial charge < -0.3 is 9.88 Å². The van der Waals surface area contributed by atoms with E-state index in [0.29, 0.717) is 12.5 Å². The van der Waals surface area contributed by atoms with Gasteiger partial charge in [0.2, 0.25) is 0 Å². The molecule has 0 spiro atoms. The maximum absolute atomic E-state index is 11.9. The highest BCUT2D eigenvalue weighted by molar-refractivity contribution is 6.08. The van der Waals surface area contributed by atoms with Gasteiger partial charge in [-0.05, 0) is 17.7 Å². The molecule has 16 heavy (non-hydrogen) atoms. The van der Waals surface area contributed by atoms with Crippen LogP contribution in [-0.2, 0) is 7.05 Å². The van der Waals surface area contributed by atoms with E-state index in [4.69, 9.17) is 0 Å². The molecule has 1 aliphatic rings. The lowest BCUT2D eigenvalue weighted by atomic mass is 9.99. The Kier molecular flexibility index (Phi) is 1.84. The second-order valence-corrected chi connectivity index (χ2v) is 4.51. The number of aromatic nitrogens is 1. The monoisotopic (exact) mass is 214 g/mol. The Hall–Kier alpha value is -1.77. The maximum Gasteiger partial charge on any atom is 0.251 e. The van der Waals surface area contributed by atoms with E-state index in [0.717, 1.165) is 16.5 Å². The summed E-state index contributed by atoms with van der Waals surface area (Å²) in [5, 5.41) is 4.08. The summed E-state index contributed by atoms with van der Waals surface area (Å²) in [4.78, 5) is 11.9. The molecule has 0 bridgehead atoms. The van der Waals surface area contributed by atoms with Crippen LogP contribution in [0.4, 0.5) is 0 Å². The molecule has 1 unspecified atom stereocenters. The molecule has 2 aromatic rings. The van der Waals surface area contributed by atoms with Gasteiger partial charge in [-0.2, -0.15) is 0 Å². The molecular weight excluding hydrogens is 200 g/mol. The van der Waals surface area contributed by atoms with Gasteiger partial charge in [0.15, 0.2) is 0 Å². The molecule has 2 heterocycles. The van der Waals surface area contributed by atoms with Crippen LogP contribution < -0.4 is 5.32 Å². The molecule has 0 saturated carbocycles. The Morgan fingerprint density at radius 1 is 1.44 bits per heavy atom. The molecule has 1 aromatic heterocycles. The first-order valence-electron chi connectivity index (χ1n) is 5.54. The van der Waals surface area contributed by atoms with Crippen LogP contribution in [0.15, 0.2) is 24.4 Å².